The number of pyridine rings is 1. The van der Waals surface area contributed by atoms with E-state index in [-0.39, 0.29) is 11.8 Å². The number of nitrogens with zero attached hydrogens (tertiary/aromatic N) is 4. The third-order valence-corrected chi connectivity index (χ3v) is 7.09. The van der Waals surface area contributed by atoms with Gasteiger partial charge in [-0.3, -0.25) is 14.7 Å². The standard InChI is InChI=1S/C25H26ClN5O2/c1-30-21-6-4-18(14-17(21)5-7-22(30)32)23-19(15-28-29-23)13-16-8-11-31(12-9-16)25(33)24-20(26)3-2-10-27-24/h2-4,6,10,14-16H,5,7-9,11-13H2,1H3,(H,28,29). The monoisotopic (exact) mass is 463 g/mol. The first-order valence-electron chi connectivity index (χ1n) is 11.3. The van der Waals surface area contributed by atoms with Crippen molar-refractivity contribution in [2.45, 2.75) is 32.1 Å². The number of benzene rings is 1. The molecule has 1 saturated heterocycles. The molecule has 4 heterocycles. The minimum atomic E-state index is -0.0967. The van der Waals surface area contributed by atoms with Crippen LogP contribution < -0.4 is 4.90 Å². The molecular formula is C25H26ClN5O2. The summed E-state index contributed by atoms with van der Waals surface area (Å²) in [7, 11) is 1.83. The van der Waals surface area contributed by atoms with Crippen molar-refractivity contribution in [2.75, 3.05) is 25.0 Å². The van der Waals surface area contributed by atoms with E-state index in [1.807, 2.05) is 30.3 Å². The molecule has 3 aromatic rings. The van der Waals surface area contributed by atoms with Gasteiger partial charge in [-0.05, 0) is 67.0 Å². The number of aryl methyl sites for hydroxylation is 1. The van der Waals surface area contributed by atoms with Crippen LogP contribution in [0.5, 0.6) is 0 Å². The molecule has 0 aliphatic carbocycles. The minimum absolute atomic E-state index is 0.0967. The van der Waals surface area contributed by atoms with Gasteiger partial charge in [-0.25, -0.2) is 4.98 Å². The van der Waals surface area contributed by atoms with Crippen molar-refractivity contribution in [1.82, 2.24) is 20.1 Å². The lowest BCUT2D eigenvalue weighted by Gasteiger charge is -2.32. The third kappa shape index (κ3) is 4.25. The number of piperidine rings is 1. The van der Waals surface area contributed by atoms with Gasteiger partial charge in [-0.15, -0.1) is 0 Å². The molecule has 2 aliphatic rings. The SMILES string of the molecule is CN1C(=O)CCc2cc(-c3n[nH]cc3CC3CCN(C(=O)c4ncccc4Cl)CC3)ccc21. The summed E-state index contributed by atoms with van der Waals surface area (Å²) in [5.74, 6) is 0.539. The maximum Gasteiger partial charge on any atom is 0.273 e. The molecule has 1 N–H and O–H groups in total. The Morgan fingerprint density at radius 1 is 1.21 bits per heavy atom. The molecule has 7 nitrogen and oxygen atoms in total. The zero-order valence-corrected chi connectivity index (χ0v) is 19.3. The van der Waals surface area contributed by atoms with Gasteiger partial charge in [0.05, 0.1) is 10.7 Å². The van der Waals surface area contributed by atoms with Crippen LogP contribution in [0.2, 0.25) is 5.02 Å². The van der Waals surface area contributed by atoms with Gasteiger partial charge in [0.15, 0.2) is 0 Å². The van der Waals surface area contributed by atoms with Crippen molar-refractivity contribution in [3.05, 3.63) is 64.6 Å². The maximum atomic E-state index is 12.8. The summed E-state index contributed by atoms with van der Waals surface area (Å²) in [6, 6.07) is 9.66. The molecule has 8 heteroatoms. The molecule has 0 radical (unpaired) electrons. The van der Waals surface area contributed by atoms with E-state index >= 15 is 0 Å². The second-order valence-electron chi connectivity index (χ2n) is 8.83. The molecule has 2 aliphatic heterocycles. The molecule has 1 fully saturated rings. The lowest BCUT2D eigenvalue weighted by Crippen LogP contribution is -2.39. The van der Waals surface area contributed by atoms with Crippen molar-refractivity contribution in [1.29, 1.82) is 0 Å². The Morgan fingerprint density at radius 2 is 2.03 bits per heavy atom. The van der Waals surface area contributed by atoms with E-state index in [9.17, 15) is 9.59 Å². The number of aromatic nitrogens is 3. The number of rotatable bonds is 4. The molecule has 170 valence electrons. The van der Waals surface area contributed by atoms with Gasteiger partial charge in [-0.2, -0.15) is 5.10 Å². The fraction of sp³-hybridized carbons (Fsp3) is 0.360. The highest BCUT2D eigenvalue weighted by Crippen LogP contribution is 2.33. The van der Waals surface area contributed by atoms with Crippen LogP contribution in [0, 0.1) is 5.92 Å². The van der Waals surface area contributed by atoms with Crippen LogP contribution in [0.25, 0.3) is 11.3 Å². The summed E-state index contributed by atoms with van der Waals surface area (Å²) in [5.41, 5.74) is 5.73. The topological polar surface area (TPSA) is 82.2 Å². The van der Waals surface area contributed by atoms with E-state index in [0.717, 1.165) is 42.6 Å². The molecule has 0 atom stereocenters. The highest BCUT2D eigenvalue weighted by atomic mass is 35.5. The lowest BCUT2D eigenvalue weighted by molar-refractivity contribution is -0.118. The summed E-state index contributed by atoms with van der Waals surface area (Å²) in [6.45, 7) is 1.39. The van der Waals surface area contributed by atoms with Crippen LogP contribution in [-0.2, 0) is 17.6 Å². The smallest absolute Gasteiger partial charge is 0.273 e. The Kier molecular flexibility index (Phi) is 5.89. The van der Waals surface area contributed by atoms with Crippen LogP contribution >= 0.6 is 11.6 Å². The van der Waals surface area contributed by atoms with Crippen LogP contribution in [0.3, 0.4) is 0 Å². The molecule has 5 rings (SSSR count). The number of H-pyrrole nitrogens is 1. The lowest BCUT2D eigenvalue weighted by atomic mass is 9.89. The second-order valence-corrected chi connectivity index (χ2v) is 9.24. The Labute approximate surface area is 197 Å². The van der Waals surface area contributed by atoms with Gasteiger partial charge in [0.1, 0.15) is 5.69 Å². The molecule has 1 aromatic carbocycles. The van der Waals surface area contributed by atoms with Crippen molar-refractivity contribution in [2.24, 2.45) is 5.92 Å². The zero-order valence-electron chi connectivity index (χ0n) is 18.6. The summed E-state index contributed by atoms with van der Waals surface area (Å²) in [4.78, 5) is 32.5. The van der Waals surface area contributed by atoms with Gasteiger partial charge in [0, 0.05) is 50.2 Å². The first-order chi connectivity index (χ1) is 16.0. The second kappa shape index (κ2) is 8.98. The summed E-state index contributed by atoms with van der Waals surface area (Å²) in [5, 5.41) is 7.97. The highest BCUT2D eigenvalue weighted by molar-refractivity contribution is 6.33. The molecule has 2 aromatic heterocycles. The Morgan fingerprint density at radius 3 is 2.82 bits per heavy atom. The number of fused-ring (bicyclic) bond motifs is 1. The van der Waals surface area contributed by atoms with Crippen LogP contribution in [0.4, 0.5) is 5.69 Å². The summed E-state index contributed by atoms with van der Waals surface area (Å²) >= 11 is 6.16. The Bertz CT molecular complexity index is 1200. The van der Waals surface area contributed by atoms with Crippen LogP contribution in [-0.4, -0.2) is 52.0 Å². The highest BCUT2D eigenvalue weighted by Gasteiger charge is 2.27. The van der Waals surface area contributed by atoms with Crippen molar-refractivity contribution in [3.8, 4) is 11.3 Å². The Hall–Kier alpha value is -3.19. The van der Waals surface area contributed by atoms with E-state index in [2.05, 4.69) is 21.2 Å². The molecule has 0 spiro atoms. The Balaban J connectivity index is 1.26. The third-order valence-electron chi connectivity index (χ3n) is 6.79. The number of halogens is 1. The van der Waals surface area contributed by atoms with E-state index in [1.54, 1.807) is 23.2 Å². The average molecular weight is 464 g/mol. The first kappa shape index (κ1) is 21.6. The molecule has 0 unspecified atom stereocenters. The van der Waals surface area contributed by atoms with E-state index in [4.69, 9.17) is 11.6 Å². The zero-order chi connectivity index (χ0) is 22.9. The number of anilines is 1. The number of amides is 2. The molecule has 33 heavy (non-hydrogen) atoms. The van der Waals surface area contributed by atoms with Crippen molar-refractivity contribution < 1.29 is 9.59 Å². The number of aromatic amines is 1. The molecule has 0 bridgehead atoms. The number of carbonyl (C=O) groups is 2. The molecule has 0 saturated carbocycles. The van der Waals surface area contributed by atoms with Crippen molar-refractivity contribution >= 4 is 29.1 Å². The average Bonchev–Trinajstić information content (AvgIpc) is 3.30. The summed E-state index contributed by atoms with van der Waals surface area (Å²) < 4.78 is 0. The number of hydrogen-bond acceptors (Lipinski definition) is 4. The van der Waals surface area contributed by atoms with E-state index < -0.39 is 0 Å². The normalized spacial score (nSPS) is 16.7. The molecule has 2 amide bonds. The number of carbonyl (C=O) groups excluding carboxylic acids is 2. The predicted molar refractivity (Wildman–Crippen MR) is 127 cm³/mol. The predicted octanol–water partition coefficient (Wildman–Crippen LogP) is 4.13. The first-order valence-corrected chi connectivity index (χ1v) is 11.7. The van der Waals surface area contributed by atoms with E-state index in [1.165, 1.54) is 11.1 Å². The fourth-order valence-electron chi connectivity index (χ4n) is 4.87. The van der Waals surface area contributed by atoms with E-state index in [0.29, 0.717) is 36.1 Å². The molecular weight excluding hydrogens is 438 g/mol. The van der Waals surface area contributed by atoms with Gasteiger partial charge in [0.2, 0.25) is 5.91 Å². The quantitative estimate of drug-likeness (QED) is 0.630. The minimum Gasteiger partial charge on any atom is -0.337 e. The number of likely N-dealkylation sites (tertiary alicyclic amines) is 1. The van der Waals surface area contributed by atoms with Gasteiger partial charge in [0.25, 0.3) is 5.91 Å². The van der Waals surface area contributed by atoms with Gasteiger partial charge >= 0.3 is 0 Å². The number of hydrogen-bond donors (Lipinski definition) is 1. The van der Waals surface area contributed by atoms with Gasteiger partial charge in [-0.1, -0.05) is 17.7 Å². The maximum absolute atomic E-state index is 12.8. The van der Waals surface area contributed by atoms with Crippen LogP contribution in [0.1, 0.15) is 40.9 Å². The largest absolute Gasteiger partial charge is 0.337 e. The number of nitrogens with one attached hydrogen (secondary N) is 1. The van der Waals surface area contributed by atoms with Crippen LogP contribution in [0.15, 0.2) is 42.7 Å². The van der Waals surface area contributed by atoms with Gasteiger partial charge < -0.3 is 9.80 Å². The van der Waals surface area contributed by atoms with Crippen molar-refractivity contribution in [3.63, 3.8) is 0 Å². The fourth-order valence-corrected chi connectivity index (χ4v) is 5.07. The summed E-state index contributed by atoms with van der Waals surface area (Å²) in [6.07, 6.45) is 7.66.